The van der Waals surface area contributed by atoms with E-state index in [4.69, 9.17) is 4.84 Å². The van der Waals surface area contributed by atoms with Gasteiger partial charge in [0.25, 0.3) is 0 Å². The van der Waals surface area contributed by atoms with Crippen molar-refractivity contribution in [3.05, 3.63) is 71.8 Å². The second kappa shape index (κ2) is 10.2. The van der Waals surface area contributed by atoms with E-state index in [9.17, 15) is 19.8 Å². The Labute approximate surface area is 151 Å². The number of nitrogens with zero attached hydrogens (tertiary/aromatic N) is 1. The lowest BCUT2D eigenvalue weighted by Crippen LogP contribution is -2.38. The van der Waals surface area contributed by atoms with Crippen LogP contribution in [0.4, 0.5) is 4.79 Å². The molecule has 0 aliphatic carbocycles. The first-order chi connectivity index (χ1) is 12.6. The third kappa shape index (κ3) is 5.87. The Morgan fingerprint density at radius 3 is 2.23 bits per heavy atom. The fourth-order valence-electron chi connectivity index (χ4n) is 2.49. The van der Waals surface area contributed by atoms with Gasteiger partial charge in [-0.2, -0.15) is 0 Å². The highest BCUT2D eigenvalue weighted by Gasteiger charge is 2.24. The van der Waals surface area contributed by atoms with Crippen LogP contribution in [0.3, 0.4) is 0 Å². The van der Waals surface area contributed by atoms with Crippen LogP contribution in [-0.2, 0) is 16.2 Å². The van der Waals surface area contributed by atoms with Crippen LogP contribution in [0.1, 0.15) is 23.6 Å². The maximum atomic E-state index is 11.9. The van der Waals surface area contributed by atoms with Crippen molar-refractivity contribution in [2.75, 3.05) is 13.2 Å². The molecule has 1 atom stereocenters. The summed E-state index contributed by atoms with van der Waals surface area (Å²) in [6, 6.07) is 17.4. The predicted octanol–water partition coefficient (Wildman–Crippen LogP) is 2.34. The number of hydrogen-bond acceptors (Lipinski definition) is 4. The van der Waals surface area contributed by atoms with Gasteiger partial charge in [0.05, 0.1) is 19.3 Å². The average Bonchev–Trinajstić information content (AvgIpc) is 2.66. The Bertz CT molecular complexity index is 694. The van der Waals surface area contributed by atoms with E-state index in [2.05, 4.69) is 5.48 Å². The topological polar surface area (TPSA) is 99.1 Å². The van der Waals surface area contributed by atoms with Crippen molar-refractivity contribution >= 4 is 12.0 Å². The van der Waals surface area contributed by atoms with Crippen LogP contribution in [0.25, 0.3) is 0 Å². The van der Waals surface area contributed by atoms with Gasteiger partial charge in [0.15, 0.2) is 0 Å². The fraction of sp³-hybridized carbons (Fsp3) is 0.263. The van der Waals surface area contributed by atoms with E-state index in [1.807, 2.05) is 30.3 Å². The van der Waals surface area contributed by atoms with Gasteiger partial charge in [-0.25, -0.2) is 10.3 Å². The summed E-state index contributed by atoms with van der Waals surface area (Å²) in [5.41, 5.74) is 3.87. The molecule has 0 unspecified atom stereocenters. The third-order valence-electron chi connectivity index (χ3n) is 3.83. The van der Waals surface area contributed by atoms with Gasteiger partial charge in [-0.1, -0.05) is 60.7 Å². The molecule has 138 valence electrons. The molecule has 0 radical (unpaired) electrons. The molecule has 0 aliphatic rings. The van der Waals surface area contributed by atoms with Crippen molar-refractivity contribution in [1.82, 2.24) is 10.4 Å². The van der Waals surface area contributed by atoms with Gasteiger partial charge in [0.1, 0.15) is 0 Å². The molecule has 7 heteroatoms. The summed E-state index contributed by atoms with van der Waals surface area (Å²) in [5, 5.41) is 19.0. The molecule has 0 heterocycles. The summed E-state index contributed by atoms with van der Waals surface area (Å²) >= 11 is 0. The molecular formula is C19H22N2O5. The highest BCUT2D eigenvalue weighted by atomic mass is 16.6. The van der Waals surface area contributed by atoms with Crippen LogP contribution < -0.4 is 5.48 Å². The summed E-state index contributed by atoms with van der Waals surface area (Å²) in [6.07, 6.45) is -1.28. The summed E-state index contributed by atoms with van der Waals surface area (Å²) < 4.78 is 0. The molecular weight excluding hydrogens is 336 g/mol. The number of nitrogens with one attached hydrogen (secondary N) is 1. The Hall–Kier alpha value is -2.90. The Morgan fingerprint density at radius 1 is 1.04 bits per heavy atom. The standard InChI is InChI=1S/C19H22N2O5/c22-13-17(16-9-5-2-6-10-16)21(19(24)25)12-11-18(23)20-26-14-15-7-3-1-4-8-15/h1-10,17,22H,11-14H2,(H,20,23)(H,24,25)/t17-/m0/s1. The van der Waals surface area contributed by atoms with E-state index in [0.29, 0.717) is 5.56 Å². The lowest BCUT2D eigenvalue weighted by atomic mass is 10.1. The minimum absolute atomic E-state index is 0.0595. The van der Waals surface area contributed by atoms with Crippen molar-refractivity contribution in [3.63, 3.8) is 0 Å². The highest BCUT2D eigenvalue weighted by molar-refractivity contribution is 5.75. The van der Waals surface area contributed by atoms with Crippen molar-refractivity contribution in [2.24, 2.45) is 0 Å². The largest absolute Gasteiger partial charge is 0.465 e. The molecule has 7 nitrogen and oxygen atoms in total. The van der Waals surface area contributed by atoms with Crippen LogP contribution in [-0.4, -0.2) is 40.3 Å². The molecule has 2 aromatic carbocycles. The number of benzene rings is 2. The van der Waals surface area contributed by atoms with Crippen molar-refractivity contribution in [1.29, 1.82) is 0 Å². The molecule has 3 N–H and O–H groups in total. The first kappa shape index (κ1) is 19.4. The van der Waals surface area contributed by atoms with Gasteiger partial charge in [-0.05, 0) is 11.1 Å². The van der Waals surface area contributed by atoms with E-state index < -0.39 is 18.0 Å². The molecule has 26 heavy (non-hydrogen) atoms. The van der Waals surface area contributed by atoms with Gasteiger partial charge in [-0.3, -0.25) is 14.5 Å². The molecule has 0 aromatic heterocycles. The number of carboxylic acid groups (broad SMARTS) is 1. The zero-order valence-corrected chi connectivity index (χ0v) is 14.2. The van der Waals surface area contributed by atoms with Gasteiger partial charge in [0.2, 0.25) is 5.91 Å². The number of carbonyl (C=O) groups excluding carboxylic acids is 1. The normalized spacial score (nSPS) is 11.6. The van der Waals surface area contributed by atoms with E-state index in [1.54, 1.807) is 30.3 Å². The van der Waals surface area contributed by atoms with E-state index in [-0.39, 0.29) is 26.2 Å². The second-order valence-electron chi connectivity index (χ2n) is 5.63. The van der Waals surface area contributed by atoms with Crippen LogP contribution in [0.15, 0.2) is 60.7 Å². The molecule has 0 bridgehead atoms. The van der Waals surface area contributed by atoms with Crippen LogP contribution in [0.5, 0.6) is 0 Å². The molecule has 0 saturated heterocycles. The quantitative estimate of drug-likeness (QED) is 0.598. The van der Waals surface area contributed by atoms with Gasteiger partial charge >= 0.3 is 6.09 Å². The van der Waals surface area contributed by atoms with E-state index in [0.717, 1.165) is 10.5 Å². The smallest absolute Gasteiger partial charge is 0.407 e. The summed E-state index contributed by atoms with van der Waals surface area (Å²) in [4.78, 5) is 29.6. The van der Waals surface area contributed by atoms with Crippen molar-refractivity contribution in [2.45, 2.75) is 19.1 Å². The zero-order chi connectivity index (χ0) is 18.8. The maximum Gasteiger partial charge on any atom is 0.407 e. The van der Waals surface area contributed by atoms with Crippen molar-refractivity contribution in [3.8, 4) is 0 Å². The van der Waals surface area contributed by atoms with Crippen LogP contribution in [0.2, 0.25) is 0 Å². The molecule has 2 rings (SSSR count). The van der Waals surface area contributed by atoms with Gasteiger partial charge in [-0.15, -0.1) is 0 Å². The average molecular weight is 358 g/mol. The summed E-state index contributed by atoms with van der Waals surface area (Å²) in [6.45, 7) is -0.211. The maximum absolute atomic E-state index is 11.9. The number of hydrogen-bond donors (Lipinski definition) is 3. The number of aliphatic hydroxyl groups is 1. The lowest BCUT2D eigenvalue weighted by molar-refractivity contribution is -0.134. The van der Waals surface area contributed by atoms with Crippen LogP contribution >= 0.6 is 0 Å². The molecule has 0 aliphatic heterocycles. The monoisotopic (exact) mass is 358 g/mol. The molecule has 0 spiro atoms. The summed E-state index contributed by atoms with van der Waals surface area (Å²) in [7, 11) is 0. The molecule has 2 amide bonds. The second-order valence-corrected chi connectivity index (χ2v) is 5.63. The first-order valence-corrected chi connectivity index (χ1v) is 8.21. The molecule has 2 aromatic rings. The zero-order valence-electron chi connectivity index (χ0n) is 14.2. The number of aliphatic hydroxyl groups excluding tert-OH is 1. The number of amides is 2. The highest BCUT2D eigenvalue weighted by Crippen LogP contribution is 2.20. The van der Waals surface area contributed by atoms with Gasteiger partial charge in [0, 0.05) is 13.0 Å². The number of carbonyl (C=O) groups is 2. The third-order valence-corrected chi connectivity index (χ3v) is 3.83. The van der Waals surface area contributed by atoms with Crippen LogP contribution in [0, 0.1) is 0 Å². The molecule has 0 fully saturated rings. The fourth-order valence-corrected chi connectivity index (χ4v) is 2.49. The molecule has 0 saturated carbocycles. The lowest BCUT2D eigenvalue weighted by Gasteiger charge is -2.28. The SMILES string of the molecule is O=C(CCN(C(=O)O)[C@@H](CO)c1ccccc1)NOCc1ccccc1. The number of rotatable bonds is 9. The minimum atomic E-state index is -1.20. The van der Waals surface area contributed by atoms with Crippen molar-refractivity contribution < 1.29 is 24.6 Å². The minimum Gasteiger partial charge on any atom is -0.465 e. The van der Waals surface area contributed by atoms with E-state index >= 15 is 0 Å². The van der Waals surface area contributed by atoms with E-state index in [1.165, 1.54) is 0 Å². The van der Waals surface area contributed by atoms with Gasteiger partial charge < -0.3 is 10.2 Å². The Balaban J connectivity index is 1.85. The summed E-state index contributed by atoms with van der Waals surface area (Å²) in [5.74, 6) is -0.433. The number of hydroxylamine groups is 1. The Morgan fingerprint density at radius 2 is 1.65 bits per heavy atom. The predicted molar refractivity (Wildman–Crippen MR) is 95.0 cm³/mol. The first-order valence-electron chi connectivity index (χ1n) is 8.21. The Kier molecular flexibility index (Phi) is 7.60.